The lowest BCUT2D eigenvalue weighted by Gasteiger charge is -2.05. The van der Waals surface area contributed by atoms with Crippen molar-refractivity contribution in [2.45, 2.75) is 0 Å². The van der Waals surface area contributed by atoms with Crippen molar-refractivity contribution in [1.82, 2.24) is 0 Å². The fourth-order valence-corrected chi connectivity index (χ4v) is 2.25. The van der Waals surface area contributed by atoms with Gasteiger partial charge in [-0.15, -0.1) is 0 Å². The van der Waals surface area contributed by atoms with E-state index in [1.54, 1.807) is 4.68 Å². The quantitative estimate of drug-likeness (QED) is 0.682. The van der Waals surface area contributed by atoms with Crippen LogP contribution in [0.4, 0.5) is 4.79 Å². The molecule has 5 heteroatoms. The molecule has 0 spiro atoms. The van der Waals surface area contributed by atoms with Crippen molar-refractivity contribution in [3.8, 4) is 11.3 Å². The molecule has 3 aromatic rings. The molecule has 112 valence electrons. The zero-order chi connectivity index (χ0) is 14.7. The smallest absolute Gasteiger partial charge is 0.460 e. The monoisotopic (exact) mass is 314 g/mol. The molecular formula is C17H15ClN2O2. The largest absolute Gasteiger partial charge is 1.00 e. The first-order chi connectivity index (χ1) is 10.3. The third-order valence-corrected chi connectivity index (χ3v) is 3.28. The van der Waals surface area contributed by atoms with Crippen LogP contribution in [0, 0.1) is 0 Å². The molecule has 0 unspecified atom stereocenters. The number of halogens is 1. The van der Waals surface area contributed by atoms with Gasteiger partial charge in [-0.2, -0.15) is 0 Å². The van der Waals surface area contributed by atoms with E-state index in [0.717, 1.165) is 22.0 Å². The van der Waals surface area contributed by atoms with Gasteiger partial charge in [-0.1, -0.05) is 46.5 Å². The Bertz CT molecular complexity index is 791. The van der Waals surface area contributed by atoms with Gasteiger partial charge < -0.3 is 17.1 Å². The van der Waals surface area contributed by atoms with Gasteiger partial charge in [0.15, 0.2) is 0 Å². The minimum atomic E-state index is -0.507. The van der Waals surface area contributed by atoms with E-state index in [2.05, 4.69) is 10.2 Å². The predicted molar refractivity (Wildman–Crippen MR) is 81.3 cm³/mol. The highest BCUT2D eigenvalue weighted by molar-refractivity contribution is 5.84. The molecule has 1 amide bonds. The summed E-state index contributed by atoms with van der Waals surface area (Å²) in [4.78, 5) is 11.5. The van der Waals surface area contributed by atoms with Crippen molar-refractivity contribution in [1.29, 1.82) is 0 Å². The summed E-state index contributed by atoms with van der Waals surface area (Å²) >= 11 is 0. The van der Waals surface area contributed by atoms with E-state index in [1.165, 1.54) is 7.11 Å². The molecule has 2 aromatic carbocycles. The van der Waals surface area contributed by atoms with Crippen LogP contribution in [0.25, 0.3) is 22.0 Å². The average Bonchev–Trinajstić information content (AvgIpc) is 2.55. The highest BCUT2D eigenvalue weighted by Gasteiger charge is 2.18. The molecule has 0 aliphatic heterocycles. The number of methoxy groups -OCH3 is 1. The fourth-order valence-electron chi connectivity index (χ4n) is 2.25. The summed E-state index contributed by atoms with van der Waals surface area (Å²) in [6.45, 7) is 0. The summed E-state index contributed by atoms with van der Waals surface area (Å²) < 4.78 is 6.37. The molecule has 0 aliphatic rings. The Kier molecular flexibility index (Phi) is 4.96. The van der Waals surface area contributed by atoms with Gasteiger partial charge in [0.2, 0.25) is 11.9 Å². The van der Waals surface area contributed by atoms with Crippen LogP contribution in [0.5, 0.6) is 0 Å². The first-order valence-corrected chi connectivity index (χ1v) is 6.63. The minimum Gasteiger partial charge on any atom is -1.00 e. The predicted octanol–water partition coefficient (Wildman–Crippen LogP) is 0.108. The van der Waals surface area contributed by atoms with Gasteiger partial charge in [0.1, 0.15) is 0 Å². The number of carbonyl (C=O) groups excluding carboxylic acids is 1. The summed E-state index contributed by atoms with van der Waals surface area (Å²) in [7, 11) is 1.35. The zero-order valence-corrected chi connectivity index (χ0v) is 12.7. The van der Waals surface area contributed by atoms with E-state index >= 15 is 0 Å². The number of pyridine rings is 1. The molecule has 0 saturated heterocycles. The molecule has 3 rings (SSSR count). The third-order valence-electron chi connectivity index (χ3n) is 3.28. The van der Waals surface area contributed by atoms with Crippen molar-refractivity contribution < 1.29 is 26.6 Å². The highest BCUT2D eigenvalue weighted by Crippen LogP contribution is 2.20. The Morgan fingerprint density at radius 3 is 2.32 bits per heavy atom. The maximum Gasteiger partial charge on any atom is 0.460 e. The Balaban J connectivity index is 0.00000176. The lowest BCUT2D eigenvalue weighted by atomic mass is 10.1. The molecule has 0 saturated carbocycles. The molecule has 4 nitrogen and oxygen atoms in total. The average molecular weight is 315 g/mol. The van der Waals surface area contributed by atoms with Crippen LogP contribution < -0.4 is 22.5 Å². The van der Waals surface area contributed by atoms with Gasteiger partial charge in [-0.3, -0.25) is 0 Å². The number of fused-ring (bicyclic) bond motifs is 1. The van der Waals surface area contributed by atoms with Crippen LogP contribution in [0.3, 0.4) is 0 Å². The lowest BCUT2D eigenvalue weighted by molar-refractivity contribution is -0.629. The molecule has 0 bridgehead atoms. The molecule has 22 heavy (non-hydrogen) atoms. The van der Waals surface area contributed by atoms with Gasteiger partial charge in [0.05, 0.1) is 7.11 Å². The molecule has 0 fully saturated rings. The minimum absolute atomic E-state index is 0. The Morgan fingerprint density at radius 2 is 1.64 bits per heavy atom. The SMILES string of the molecule is COC(=O)N[n+]1cc2ccccc2cc1-c1ccccc1.[Cl-]. The Labute approximate surface area is 134 Å². The van der Waals surface area contributed by atoms with E-state index in [4.69, 9.17) is 0 Å². The summed E-state index contributed by atoms with van der Waals surface area (Å²) in [5.74, 6) is 0. The van der Waals surface area contributed by atoms with Crippen LogP contribution in [-0.2, 0) is 4.74 Å². The van der Waals surface area contributed by atoms with Crippen molar-refractivity contribution in [3.05, 3.63) is 66.9 Å². The number of nitrogens with zero attached hydrogens (tertiary/aromatic N) is 1. The number of hydrogen-bond donors (Lipinski definition) is 1. The van der Waals surface area contributed by atoms with Crippen LogP contribution in [0.1, 0.15) is 0 Å². The molecule has 1 heterocycles. The number of nitrogens with one attached hydrogen (secondary N) is 1. The molecule has 1 N–H and O–H groups in total. The number of carbonyl (C=O) groups is 1. The summed E-state index contributed by atoms with van der Waals surface area (Å²) in [5.41, 5.74) is 4.61. The summed E-state index contributed by atoms with van der Waals surface area (Å²) in [6, 6.07) is 19.9. The van der Waals surface area contributed by atoms with Crippen molar-refractivity contribution in [3.63, 3.8) is 0 Å². The number of ether oxygens (including phenoxy) is 1. The molecular weight excluding hydrogens is 300 g/mol. The number of hydrogen-bond acceptors (Lipinski definition) is 2. The number of amides is 1. The maximum absolute atomic E-state index is 11.5. The van der Waals surface area contributed by atoms with E-state index in [9.17, 15) is 4.79 Å². The second-order valence-corrected chi connectivity index (χ2v) is 4.63. The van der Waals surface area contributed by atoms with Crippen LogP contribution in [0.15, 0.2) is 66.9 Å². The van der Waals surface area contributed by atoms with E-state index in [1.807, 2.05) is 66.9 Å². The third kappa shape index (κ3) is 3.18. The number of aromatic nitrogens is 1. The topological polar surface area (TPSA) is 42.2 Å². The zero-order valence-electron chi connectivity index (χ0n) is 12.0. The van der Waals surface area contributed by atoms with Gasteiger partial charge in [0.25, 0.3) is 0 Å². The number of benzene rings is 2. The fraction of sp³-hybridized carbons (Fsp3) is 0.0588. The van der Waals surface area contributed by atoms with Gasteiger partial charge in [-0.25, -0.2) is 4.79 Å². The normalized spacial score (nSPS) is 9.86. The Hall–Kier alpha value is -2.59. The molecule has 0 atom stereocenters. The van der Waals surface area contributed by atoms with Crippen molar-refractivity contribution in [2.75, 3.05) is 12.5 Å². The first-order valence-electron chi connectivity index (χ1n) is 6.63. The molecule has 1 aromatic heterocycles. The van der Waals surface area contributed by atoms with Crippen LogP contribution in [0.2, 0.25) is 0 Å². The number of rotatable bonds is 2. The van der Waals surface area contributed by atoms with Crippen molar-refractivity contribution in [2.24, 2.45) is 0 Å². The highest BCUT2D eigenvalue weighted by atomic mass is 35.5. The second kappa shape index (κ2) is 6.91. The van der Waals surface area contributed by atoms with Gasteiger partial charge >= 0.3 is 6.09 Å². The lowest BCUT2D eigenvalue weighted by Crippen LogP contribution is -3.00. The molecule has 0 aliphatic carbocycles. The summed E-state index contributed by atoms with van der Waals surface area (Å²) in [6.07, 6.45) is 1.38. The van der Waals surface area contributed by atoms with E-state index < -0.39 is 6.09 Å². The molecule has 0 radical (unpaired) electrons. The van der Waals surface area contributed by atoms with E-state index in [0.29, 0.717) is 0 Å². The Morgan fingerprint density at radius 1 is 1.00 bits per heavy atom. The van der Waals surface area contributed by atoms with Gasteiger partial charge in [0, 0.05) is 17.0 Å². The summed E-state index contributed by atoms with van der Waals surface area (Å²) in [5, 5.41) is 2.15. The second-order valence-electron chi connectivity index (χ2n) is 4.63. The van der Waals surface area contributed by atoms with Crippen LogP contribution >= 0.6 is 0 Å². The van der Waals surface area contributed by atoms with Gasteiger partial charge in [-0.05, 0) is 23.6 Å². The van der Waals surface area contributed by atoms with Crippen LogP contribution in [-0.4, -0.2) is 13.2 Å². The van der Waals surface area contributed by atoms with E-state index in [-0.39, 0.29) is 12.4 Å². The maximum atomic E-state index is 11.5. The van der Waals surface area contributed by atoms with Crippen molar-refractivity contribution >= 4 is 16.9 Å². The first kappa shape index (κ1) is 15.8. The standard InChI is InChI=1S/C17H14N2O2.ClH/c1-21-17(20)18-19-12-15-10-6-5-9-14(15)11-16(19)13-7-3-2-4-8-13;/h2-12H,1H3;1H.